The Morgan fingerprint density at radius 3 is 2.70 bits per heavy atom. The van der Waals surface area contributed by atoms with Gasteiger partial charge in [-0.15, -0.1) is 11.3 Å². The predicted molar refractivity (Wildman–Crippen MR) is 113 cm³/mol. The van der Waals surface area contributed by atoms with Crippen molar-refractivity contribution in [2.45, 2.75) is 51.5 Å². The van der Waals surface area contributed by atoms with E-state index < -0.39 is 5.97 Å². The van der Waals surface area contributed by atoms with Crippen LogP contribution in [0.15, 0.2) is 62.2 Å². The van der Waals surface area contributed by atoms with Gasteiger partial charge >= 0.3 is 5.97 Å². The molecule has 146 valence electrons. The summed E-state index contributed by atoms with van der Waals surface area (Å²) in [5, 5.41) is 12.6. The molecule has 1 aliphatic heterocycles. The van der Waals surface area contributed by atoms with Crippen molar-refractivity contribution in [2.75, 3.05) is 5.75 Å². The van der Waals surface area contributed by atoms with Crippen molar-refractivity contribution in [3.05, 3.63) is 57.9 Å². The maximum atomic E-state index is 12.7. The van der Waals surface area contributed by atoms with E-state index in [-0.39, 0.29) is 23.4 Å². The van der Waals surface area contributed by atoms with Crippen LogP contribution in [0.1, 0.15) is 41.0 Å². The van der Waals surface area contributed by atoms with Gasteiger partial charge < -0.3 is 9.84 Å². The maximum absolute atomic E-state index is 12.7. The van der Waals surface area contributed by atoms with Crippen molar-refractivity contribution >= 4 is 29.1 Å². The predicted octanol–water partition coefficient (Wildman–Crippen LogP) is 5.86. The van der Waals surface area contributed by atoms with Crippen LogP contribution in [0.25, 0.3) is 0 Å². The minimum Gasteiger partial charge on any atom is -0.511 e. The molecule has 1 aromatic heterocycles. The van der Waals surface area contributed by atoms with Crippen molar-refractivity contribution in [3.63, 3.8) is 0 Å². The van der Waals surface area contributed by atoms with Crippen LogP contribution in [-0.2, 0) is 9.53 Å². The average Bonchev–Trinajstić information content (AvgIpc) is 3.07. The number of aromatic nitrogens is 1. The normalized spacial score (nSPS) is 19.3. The molecule has 1 aromatic rings. The van der Waals surface area contributed by atoms with Gasteiger partial charge in [0.05, 0.1) is 0 Å². The fourth-order valence-electron chi connectivity index (χ4n) is 3.06. The third kappa shape index (κ3) is 5.59. The van der Waals surface area contributed by atoms with Gasteiger partial charge in [0.25, 0.3) is 0 Å². The minimum atomic E-state index is -0.477. The average molecular weight is 406 g/mol. The Morgan fingerprint density at radius 1 is 1.48 bits per heavy atom. The molecule has 2 rings (SSSR count). The first-order valence-electron chi connectivity index (χ1n) is 8.88. The molecule has 0 radical (unpaired) electrons. The van der Waals surface area contributed by atoms with E-state index in [0.717, 1.165) is 26.8 Å². The van der Waals surface area contributed by atoms with Crippen LogP contribution in [-0.4, -0.2) is 27.9 Å². The number of hydrogen-bond donors (Lipinski definition) is 1. The highest BCUT2D eigenvalue weighted by molar-refractivity contribution is 8.01. The summed E-state index contributed by atoms with van der Waals surface area (Å²) >= 11 is 3.23. The van der Waals surface area contributed by atoms with Gasteiger partial charge in [0.2, 0.25) is 0 Å². The first-order valence-corrected chi connectivity index (χ1v) is 10.7. The molecule has 0 bridgehead atoms. The molecule has 4 nitrogen and oxygen atoms in total. The van der Waals surface area contributed by atoms with Gasteiger partial charge in [-0.05, 0) is 44.4 Å². The molecule has 0 spiro atoms. The molecule has 0 aliphatic carbocycles. The highest BCUT2D eigenvalue weighted by atomic mass is 32.2. The number of thioether (sulfide) groups is 1. The first kappa shape index (κ1) is 21.5. The molecule has 0 aromatic carbocycles. The van der Waals surface area contributed by atoms with Crippen LogP contribution < -0.4 is 0 Å². The maximum Gasteiger partial charge on any atom is 0.342 e. The fraction of sp³-hybridized carbons (Fsp3) is 0.429. The summed E-state index contributed by atoms with van der Waals surface area (Å²) in [7, 11) is 0. The zero-order valence-corrected chi connectivity index (χ0v) is 18.2. The Bertz CT molecular complexity index is 799. The van der Waals surface area contributed by atoms with Crippen LogP contribution in [0.4, 0.5) is 0 Å². The van der Waals surface area contributed by atoms with E-state index in [0.29, 0.717) is 12.0 Å². The lowest BCUT2D eigenvalue weighted by molar-refractivity contribution is -0.148. The van der Waals surface area contributed by atoms with Crippen molar-refractivity contribution in [1.29, 1.82) is 0 Å². The standard InChI is InChI=1S/C21H27NO3S2/c1-12(2)9-14(5)18(13(3)4)19-16(23)10-17(25-20(19)24)15(6)11-27-21-22-7-8-26-21/h7-9,15,17,23H,3,10-11H2,1-2,4-6H3/b18-14+. The number of aliphatic hydroxyl groups is 1. The van der Waals surface area contributed by atoms with Crippen molar-refractivity contribution in [2.24, 2.45) is 5.92 Å². The molecule has 2 heterocycles. The number of nitrogens with zero attached hydrogens (tertiary/aromatic N) is 1. The van der Waals surface area contributed by atoms with Crippen molar-refractivity contribution in [3.8, 4) is 0 Å². The van der Waals surface area contributed by atoms with E-state index in [2.05, 4.69) is 11.6 Å². The number of carbonyl (C=O) groups excluding carboxylic acids is 1. The van der Waals surface area contributed by atoms with Crippen LogP contribution >= 0.6 is 23.1 Å². The topological polar surface area (TPSA) is 59.4 Å². The summed E-state index contributed by atoms with van der Waals surface area (Å²) in [5.74, 6) is 0.479. The molecule has 0 saturated heterocycles. The van der Waals surface area contributed by atoms with Gasteiger partial charge in [-0.3, -0.25) is 0 Å². The van der Waals surface area contributed by atoms with E-state index in [4.69, 9.17) is 4.74 Å². The summed E-state index contributed by atoms with van der Waals surface area (Å²) in [4.78, 5) is 17.0. The summed E-state index contributed by atoms with van der Waals surface area (Å²) in [6.45, 7) is 13.8. The number of rotatable bonds is 7. The van der Waals surface area contributed by atoms with Crippen LogP contribution in [0.5, 0.6) is 0 Å². The van der Waals surface area contributed by atoms with E-state index in [1.807, 2.05) is 46.1 Å². The summed E-state index contributed by atoms with van der Waals surface area (Å²) in [6, 6.07) is 0. The number of aliphatic hydroxyl groups excluding tert-OH is 1. The molecular formula is C21H27NO3S2. The molecule has 0 saturated carbocycles. The molecular weight excluding hydrogens is 378 g/mol. The lowest BCUT2D eigenvalue weighted by Crippen LogP contribution is -2.33. The van der Waals surface area contributed by atoms with Crippen LogP contribution in [0.3, 0.4) is 0 Å². The van der Waals surface area contributed by atoms with E-state index in [1.54, 1.807) is 29.3 Å². The van der Waals surface area contributed by atoms with Gasteiger partial charge in [-0.2, -0.15) is 0 Å². The minimum absolute atomic E-state index is 0.0851. The van der Waals surface area contributed by atoms with E-state index in [1.165, 1.54) is 0 Å². The molecule has 2 unspecified atom stereocenters. The Hall–Kier alpha value is -1.79. The van der Waals surface area contributed by atoms with E-state index >= 15 is 0 Å². The quantitative estimate of drug-likeness (QED) is 0.350. The lowest BCUT2D eigenvalue weighted by atomic mass is 9.89. The molecule has 0 fully saturated rings. The molecule has 6 heteroatoms. The number of thiazole rings is 1. The highest BCUT2D eigenvalue weighted by Crippen LogP contribution is 2.35. The van der Waals surface area contributed by atoms with Crippen LogP contribution in [0.2, 0.25) is 0 Å². The Morgan fingerprint density at radius 2 is 2.19 bits per heavy atom. The number of allylic oxidation sites excluding steroid dienone is 4. The number of ether oxygens (including phenoxy) is 1. The molecule has 0 amide bonds. The number of carbonyl (C=O) groups is 1. The van der Waals surface area contributed by atoms with Gasteiger partial charge in [-0.25, -0.2) is 9.78 Å². The third-order valence-corrected chi connectivity index (χ3v) is 6.49. The molecule has 27 heavy (non-hydrogen) atoms. The summed E-state index contributed by atoms with van der Waals surface area (Å²) in [5.41, 5.74) is 3.65. The largest absolute Gasteiger partial charge is 0.511 e. The Labute approximate surface area is 169 Å². The van der Waals surface area contributed by atoms with Crippen molar-refractivity contribution in [1.82, 2.24) is 4.98 Å². The van der Waals surface area contributed by atoms with E-state index in [9.17, 15) is 9.90 Å². The number of cyclic esters (lactones) is 1. The monoisotopic (exact) mass is 405 g/mol. The SMILES string of the molecule is C=C(C)/C(C1=C(O)CC(C(C)CSc2nccs2)OC1=O)=C(/C)C=C(C)C. The van der Waals surface area contributed by atoms with Gasteiger partial charge in [0.1, 0.15) is 21.8 Å². The number of esters is 1. The zero-order chi connectivity index (χ0) is 20.1. The Balaban J connectivity index is 2.22. The molecule has 1 N–H and O–H groups in total. The summed E-state index contributed by atoms with van der Waals surface area (Å²) < 4.78 is 6.70. The molecule has 2 atom stereocenters. The second-order valence-corrected chi connectivity index (χ2v) is 9.28. The fourth-order valence-corrected chi connectivity index (χ4v) is 4.81. The molecule has 1 aliphatic rings. The second-order valence-electron chi connectivity index (χ2n) is 7.12. The van der Waals surface area contributed by atoms with Gasteiger partial charge in [-0.1, -0.05) is 36.9 Å². The van der Waals surface area contributed by atoms with Crippen LogP contribution in [0, 0.1) is 5.92 Å². The van der Waals surface area contributed by atoms with Gasteiger partial charge in [0, 0.05) is 29.7 Å². The second kappa shape index (κ2) is 9.42. The smallest absolute Gasteiger partial charge is 0.342 e. The van der Waals surface area contributed by atoms with Gasteiger partial charge in [0.15, 0.2) is 0 Å². The summed E-state index contributed by atoms with van der Waals surface area (Å²) in [6.07, 6.45) is 3.74. The lowest BCUT2D eigenvalue weighted by Gasteiger charge is -2.30. The Kier molecular flexibility index (Phi) is 7.50. The number of hydrogen-bond acceptors (Lipinski definition) is 6. The van der Waals surface area contributed by atoms with Crippen molar-refractivity contribution < 1.29 is 14.6 Å². The zero-order valence-electron chi connectivity index (χ0n) is 16.5. The highest BCUT2D eigenvalue weighted by Gasteiger charge is 2.34. The first-order chi connectivity index (χ1) is 12.7. The third-order valence-electron chi connectivity index (χ3n) is 4.24.